The van der Waals surface area contributed by atoms with Gasteiger partial charge in [0.15, 0.2) is 0 Å². The molecule has 0 aliphatic rings. The van der Waals surface area contributed by atoms with Gasteiger partial charge >= 0.3 is 5.97 Å². The van der Waals surface area contributed by atoms with Gasteiger partial charge in [0, 0.05) is 5.02 Å². The number of benzene rings is 3. The summed E-state index contributed by atoms with van der Waals surface area (Å²) < 4.78 is 5.77. The summed E-state index contributed by atoms with van der Waals surface area (Å²) in [6.07, 6.45) is 1.60. The van der Waals surface area contributed by atoms with Gasteiger partial charge in [0.25, 0.3) is 0 Å². The molecular formula is C20H14Cl2N2O3. The Morgan fingerprint density at radius 3 is 2.52 bits per heavy atom. The first-order valence-corrected chi connectivity index (χ1v) is 8.62. The fourth-order valence-electron chi connectivity index (χ4n) is 2.24. The molecular weight excluding hydrogens is 387 g/mol. The van der Waals surface area contributed by atoms with Crippen LogP contribution in [-0.4, -0.2) is 17.3 Å². The van der Waals surface area contributed by atoms with Crippen molar-refractivity contribution in [3.8, 4) is 11.5 Å². The van der Waals surface area contributed by atoms with Crippen LogP contribution in [0.25, 0.3) is 0 Å². The molecule has 0 aliphatic carbocycles. The predicted octanol–water partition coefficient (Wildman–Crippen LogP) is 5.93. The summed E-state index contributed by atoms with van der Waals surface area (Å²) in [5, 5.41) is 14.0. The largest absolute Gasteiger partial charge is 0.478 e. The molecule has 7 heteroatoms. The van der Waals surface area contributed by atoms with E-state index in [1.54, 1.807) is 36.5 Å². The smallest absolute Gasteiger partial charge is 0.337 e. The van der Waals surface area contributed by atoms with Gasteiger partial charge in [-0.05, 0) is 60.2 Å². The summed E-state index contributed by atoms with van der Waals surface area (Å²) in [6.45, 7) is 0. The molecule has 0 aliphatic heterocycles. The first-order valence-electron chi connectivity index (χ1n) is 7.87. The number of carbonyl (C=O) groups is 1. The first kappa shape index (κ1) is 18.8. The van der Waals surface area contributed by atoms with Gasteiger partial charge in [-0.1, -0.05) is 35.3 Å². The van der Waals surface area contributed by atoms with Crippen molar-refractivity contribution in [2.75, 3.05) is 5.43 Å². The zero-order valence-corrected chi connectivity index (χ0v) is 15.4. The van der Waals surface area contributed by atoms with E-state index in [0.717, 1.165) is 5.56 Å². The highest BCUT2D eigenvalue weighted by atomic mass is 35.5. The molecule has 0 spiro atoms. The van der Waals surface area contributed by atoms with Crippen LogP contribution in [0.2, 0.25) is 10.0 Å². The van der Waals surface area contributed by atoms with Crippen molar-refractivity contribution < 1.29 is 14.6 Å². The molecule has 0 saturated carbocycles. The zero-order chi connectivity index (χ0) is 19.2. The van der Waals surface area contributed by atoms with E-state index in [1.165, 1.54) is 12.1 Å². The quantitative estimate of drug-likeness (QED) is 0.397. The molecule has 0 unspecified atom stereocenters. The highest BCUT2D eigenvalue weighted by Gasteiger charge is 2.08. The molecule has 0 saturated heterocycles. The number of halogens is 2. The third kappa shape index (κ3) is 5.23. The second-order valence-electron chi connectivity index (χ2n) is 5.50. The van der Waals surface area contributed by atoms with Gasteiger partial charge in [0.1, 0.15) is 11.5 Å². The van der Waals surface area contributed by atoms with E-state index >= 15 is 0 Å². The number of rotatable bonds is 6. The molecule has 0 radical (unpaired) electrons. The number of nitrogens with one attached hydrogen (secondary N) is 1. The van der Waals surface area contributed by atoms with Crippen LogP contribution in [0.5, 0.6) is 11.5 Å². The van der Waals surface area contributed by atoms with E-state index in [4.69, 9.17) is 33.0 Å². The van der Waals surface area contributed by atoms with Gasteiger partial charge in [-0.25, -0.2) is 4.79 Å². The van der Waals surface area contributed by atoms with Gasteiger partial charge < -0.3 is 9.84 Å². The minimum Gasteiger partial charge on any atom is -0.478 e. The van der Waals surface area contributed by atoms with Crippen molar-refractivity contribution in [1.82, 2.24) is 0 Å². The van der Waals surface area contributed by atoms with Gasteiger partial charge in [-0.3, -0.25) is 5.43 Å². The molecule has 3 rings (SSSR count). The number of nitrogens with zero attached hydrogens (tertiary/aromatic N) is 1. The van der Waals surface area contributed by atoms with E-state index in [2.05, 4.69) is 10.5 Å². The Labute approximate surface area is 165 Å². The Hall–Kier alpha value is -3.02. The minimum atomic E-state index is -1.10. The molecule has 3 aromatic rings. The number of anilines is 1. The van der Waals surface area contributed by atoms with Crippen molar-refractivity contribution in [2.24, 2.45) is 5.10 Å². The Morgan fingerprint density at radius 2 is 1.78 bits per heavy atom. The summed E-state index contributed by atoms with van der Waals surface area (Å²) >= 11 is 11.7. The van der Waals surface area contributed by atoms with Gasteiger partial charge in [0.2, 0.25) is 0 Å². The Bertz CT molecular complexity index is 989. The molecule has 0 bridgehead atoms. The highest BCUT2D eigenvalue weighted by molar-refractivity contribution is 6.33. The average Bonchev–Trinajstić information content (AvgIpc) is 2.65. The topological polar surface area (TPSA) is 70.9 Å². The van der Waals surface area contributed by atoms with E-state index in [-0.39, 0.29) is 10.6 Å². The molecule has 3 aromatic carbocycles. The molecule has 136 valence electrons. The van der Waals surface area contributed by atoms with Crippen LogP contribution in [0.15, 0.2) is 71.8 Å². The molecule has 2 N–H and O–H groups in total. The molecule has 27 heavy (non-hydrogen) atoms. The molecule has 0 amide bonds. The first-order chi connectivity index (χ1) is 13.0. The molecule has 0 aromatic heterocycles. The number of ether oxygens (including phenoxy) is 1. The van der Waals surface area contributed by atoms with Crippen LogP contribution in [0, 0.1) is 0 Å². The molecule has 0 heterocycles. The number of hydrogen-bond acceptors (Lipinski definition) is 4. The standard InChI is InChI=1S/C20H14Cl2N2O3/c21-14-4-7-16(8-5-14)27-17-3-1-2-13(10-17)12-23-24-15-6-9-19(22)18(11-15)20(25)26/h1-12,24H,(H,25,26)/b23-12-. The van der Waals surface area contributed by atoms with E-state index in [1.807, 2.05) is 24.3 Å². The lowest BCUT2D eigenvalue weighted by Crippen LogP contribution is -1.99. The Kier molecular flexibility index (Phi) is 5.96. The highest BCUT2D eigenvalue weighted by Crippen LogP contribution is 2.24. The Morgan fingerprint density at radius 1 is 1.00 bits per heavy atom. The van der Waals surface area contributed by atoms with E-state index < -0.39 is 5.97 Å². The molecule has 0 atom stereocenters. The maximum atomic E-state index is 11.1. The fourth-order valence-corrected chi connectivity index (χ4v) is 2.56. The average molecular weight is 401 g/mol. The van der Waals surface area contributed by atoms with E-state index in [0.29, 0.717) is 22.2 Å². The monoisotopic (exact) mass is 400 g/mol. The van der Waals surface area contributed by atoms with Crippen molar-refractivity contribution in [3.63, 3.8) is 0 Å². The van der Waals surface area contributed by atoms with Crippen LogP contribution in [0.3, 0.4) is 0 Å². The lowest BCUT2D eigenvalue weighted by molar-refractivity contribution is 0.0697. The van der Waals surface area contributed by atoms with Gasteiger partial charge in [0.05, 0.1) is 22.5 Å². The third-order valence-corrected chi connectivity index (χ3v) is 4.09. The van der Waals surface area contributed by atoms with Crippen LogP contribution in [0.4, 0.5) is 5.69 Å². The summed E-state index contributed by atoms with van der Waals surface area (Å²) in [5.41, 5.74) is 4.11. The fraction of sp³-hybridized carbons (Fsp3) is 0. The zero-order valence-electron chi connectivity index (χ0n) is 13.9. The van der Waals surface area contributed by atoms with Crippen LogP contribution in [-0.2, 0) is 0 Å². The maximum absolute atomic E-state index is 11.1. The second kappa shape index (κ2) is 8.58. The van der Waals surface area contributed by atoms with Crippen LogP contribution >= 0.6 is 23.2 Å². The van der Waals surface area contributed by atoms with Gasteiger partial charge in [-0.2, -0.15) is 5.10 Å². The number of aromatic carboxylic acids is 1. The van der Waals surface area contributed by atoms with E-state index in [9.17, 15) is 4.79 Å². The lowest BCUT2D eigenvalue weighted by atomic mass is 10.2. The number of hydrazone groups is 1. The number of carboxylic acid groups (broad SMARTS) is 1. The Balaban J connectivity index is 1.68. The van der Waals surface area contributed by atoms with Crippen LogP contribution in [0.1, 0.15) is 15.9 Å². The summed E-state index contributed by atoms with van der Waals surface area (Å²) in [5.74, 6) is 0.231. The SMILES string of the molecule is O=C(O)c1cc(N/N=C\c2cccc(Oc3ccc(Cl)cc3)c2)ccc1Cl. The summed E-state index contributed by atoms with van der Waals surface area (Å²) in [7, 11) is 0. The minimum absolute atomic E-state index is 0.00947. The number of carboxylic acids is 1. The summed E-state index contributed by atoms with van der Waals surface area (Å²) in [4.78, 5) is 11.1. The molecule has 0 fully saturated rings. The third-order valence-electron chi connectivity index (χ3n) is 3.51. The second-order valence-corrected chi connectivity index (χ2v) is 6.34. The molecule has 5 nitrogen and oxygen atoms in total. The normalized spacial score (nSPS) is 10.7. The predicted molar refractivity (Wildman–Crippen MR) is 108 cm³/mol. The van der Waals surface area contributed by atoms with Crippen molar-refractivity contribution >= 4 is 41.1 Å². The summed E-state index contributed by atoms with van der Waals surface area (Å²) in [6, 6.07) is 19.0. The lowest BCUT2D eigenvalue weighted by Gasteiger charge is -2.06. The maximum Gasteiger partial charge on any atom is 0.337 e. The van der Waals surface area contributed by atoms with Crippen molar-refractivity contribution in [1.29, 1.82) is 0 Å². The van der Waals surface area contributed by atoms with Crippen molar-refractivity contribution in [3.05, 3.63) is 87.9 Å². The van der Waals surface area contributed by atoms with Gasteiger partial charge in [-0.15, -0.1) is 0 Å². The number of hydrogen-bond donors (Lipinski definition) is 2. The van der Waals surface area contributed by atoms with Crippen LogP contribution < -0.4 is 10.2 Å². The van der Waals surface area contributed by atoms with Crippen molar-refractivity contribution in [2.45, 2.75) is 0 Å².